The number of nitrogens with zero attached hydrogens (tertiary/aromatic N) is 2. The summed E-state index contributed by atoms with van der Waals surface area (Å²) in [6.07, 6.45) is 0. The largest absolute Gasteiger partial charge is 0.334 e. The Labute approximate surface area is 88.1 Å². The minimum absolute atomic E-state index is 0.0105. The van der Waals surface area contributed by atoms with E-state index in [2.05, 4.69) is 0 Å². The zero-order valence-electron chi connectivity index (χ0n) is 8.80. The van der Waals surface area contributed by atoms with Crippen molar-refractivity contribution in [2.45, 2.75) is 6.04 Å². The molecule has 1 aromatic rings. The molecule has 15 heavy (non-hydrogen) atoms. The Morgan fingerprint density at radius 1 is 1.40 bits per heavy atom. The first-order valence-electron chi connectivity index (χ1n) is 4.85. The lowest BCUT2D eigenvalue weighted by Gasteiger charge is -2.26. The van der Waals surface area contributed by atoms with Crippen molar-refractivity contribution < 1.29 is 9.55 Å². The Hall–Kier alpha value is -1.71. The van der Waals surface area contributed by atoms with E-state index in [1.165, 1.54) is 7.05 Å². The van der Waals surface area contributed by atoms with Crippen LogP contribution >= 0.6 is 0 Å². The molecule has 0 N–H and O–H groups in total. The van der Waals surface area contributed by atoms with Gasteiger partial charge < -0.3 is 4.90 Å². The van der Waals surface area contributed by atoms with Crippen molar-refractivity contribution in [3.63, 3.8) is 0 Å². The molecule has 0 saturated carbocycles. The van der Waals surface area contributed by atoms with Gasteiger partial charge in [0.15, 0.2) is 7.05 Å². The minimum atomic E-state index is -0.246. The number of fused-ring (bicyclic) bond motifs is 1. The molecule has 4 heteroatoms. The van der Waals surface area contributed by atoms with E-state index in [-0.39, 0.29) is 11.9 Å². The Bertz CT molecular complexity index is 428. The fourth-order valence-corrected chi connectivity index (χ4v) is 1.94. The average Bonchev–Trinajstić information content (AvgIpc) is 2.23. The van der Waals surface area contributed by atoms with Gasteiger partial charge in [-0.15, -0.1) is 0 Å². The Morgan fingerprint density at radius 3 is 2.73 bits per heavy atom. The van der Waals surface area contributed by atoms with E-state index >= 15 is 0 Å². The molecular formula is C11H13N2O2+. The summed E-state index contributed by atoms with van der Waals surface area (Å²) in [5, 5.41) is 0. The standard InChI is InChI=1S/C11H13N2O2/c1-12-7-10(13(2)15)8-5-3-4-6-9(8)11(12)14/h3-6,10H,7H2,1-2H3/q+1. The number of hydrogen-bond donors (Lipinski definition) is 0. The predicted octanol–water partition coefficient (Wildman–Crippen LogP) is 1.22. The van der Waals surface area contributed by atoms with Crippen molar-refractivity contribution in [3.05, 3.63) is 40.3 Å². The van der Waals surface area contributed by atoms with Gasteiger partial charge in [0, 0.05) is 27.8 Å². The average molecular weight is 205 g/mol. The van der Waals surface area contributed by atoms with Gasteiger partial charge in [-0.05, 0) is 6.07 Å². The van der Waals surface area contributed by atoms with Crippen molar-refractivity contribution >= 4 is 5.91 Å². The SMILES string of the molecule is CN1CC([N+](C)=O)c2ccccc2C1=O. The number of benzene rings is 1. The van der Waals surface area contributed by atoms with Gasteiger partial charge >= 0.3 is 0 Å². The molecule has 0 radical (unpaired) electrons. The van der Waals surface area contributed by atoms with Crippen LogP contribution in [0.2, 0.25) is 0 Å². The Morgan fingerprint density at radius 2 is 2.07 bits per heavy atom. The first kappa shape index (κ1) is 9.83. The number of carbonyl (C=O) groups excluding carboxylic acids is 1. The van der Waals surface area contributed by atoms with Gasteiger partial charge in [0.1, 0.15) is 0 Å². The summed E-state index contributed by atoms with van der Waals surface area (Å²) in [4.78, 5) is 24.8. The predicted molar refractivity (Wildman–Crippen MR) is 55.7 cm³/mol. The fourth-order valence-electron chi connectivity index (χ4n) is 1.94. The molecule has 0 aromatic heterocycles. The lowest BCUT2D eigenvalue weighted by atomic mass is 9.95. The first-order chi connectivity index (χ1) is 7.11. The minimum Gasteiger partial charge on any atom is -0.334 e. The molecule has 1 aliphatic heterocycles. The van der Waals surface area contributed by atoms with Crippen LogP contribution in [0.15, 0.2) is 24.3 Å². The third kappa shape index (κ3) is 1.52. The molecule has 1 aromatic carbocycles. The zero-order valence-corrected chi connectivity index (χ0v) is 8.80. The lowest BCUT2D eigenvalue weighted by Crippen LogP contribution is -2.39. The molecule has 1 aliphatic rings. The highest BCUT2D eigenvalue weighted by molar-refractivity contribution is 5.96. The molecule has 1 heterocycles. The quantitative estimate of drug-likeness (QED) is 0.647. The highest BCUT2D eigenvalue weighted by atomic mass is 16.3. The number of amides is 1. The van der Waals surface area contributed by atoms with Crippen LogP contribution in [0, 0.1) is 4.91 Å². The van der Waals surface area contributed by atoms with Crippen molar-refractivity contribution in [1.29, 1.82) is 0 Å². The number of likely N-dealkylation sites (N-methyl/N-ethyl adjacent to an activating group) is 2. The molecule has 0 spiro atoms. The van der Waals surface area contributed by atoms with E-state index in [9.17, 15) is 9.70 Å². The molecule has 2 rings (SSSR count). The van der Waals surface area contributed by atoms with Crippen molar-refractivity contribution in [3.8, 4) is 0 Å². The topological polar surface area (TPSA) is 40.4 Å². The van der Waals surface area contributed by atoms with Crippen LogP contribution in [0.1, 0.15) is 22.0 Å². The van der Waals surface area contributed by atoms with Crippen molar-refractivity contribution in [2.75, 3.05) is 20.6 Å². The second kappa shape index (κ2) is 3.46. The van der Waals surface area contributed by atoms with Gasteiger partial charge in [0.05, 0.1) is 6.54 Å². The summed E-state index contributed by atoms with van der Waals surface area (Å²) < 4.78 is 0.905. The second-order valence-electron chi connectivity index (χ2n) is 3.83. The van der Waals surface area contributed by atoms with Crippen molar-refractivity contribution in [2.24, 2.45) is 0 Å². The molecule has 1 atom stereocenters. The van der Waals surface area contributed by atoms with Gasteiger partial charge in [0.25, 0.3) is 5.91 Å². The third-order valence-electron chi connectivity index (χ3n) is 2.78. The zero-order chi connectivity index (χ0) is 11.0. The fraction of sp³-hybridized carbons (Fsp3) is 0.364. The van der Waals surface area contributed by atoms with Crippen LogP contribution in [0.3, 0.4) is 0 Å². The Balaban J connectivity index is 2.54. The molecule has 4 nitrogen and oxygen atoms in total. The van der Waals surface area contributed by atoms with Gasteiger partial charge in [-0.25, -0.2) is 0 Å². The maximum Gasteiger partial charge on any atom is 0.254 e. The van der Waals surface area contributed by atoms with Crippen LogP contribution < -0.4 is 0 Å². The van der Waals surface area contributed by atoms with Crippen LogP contribution in [-0.4, -0.2) is 36.2 Å². The van der Waals surface area contributed by atoms with E-state index in [1.54, 1.807) is 18.0 Å². The normalized spacial score (nSPS) is 20.0. The van der Waals surface area contributed by atoms with Crippen LogP contribution in [0.5, 0.6) is 0 Å². The smallest absolute Gasteiger partial charge is 0.254 e. The molecule has 0 aliphatic carbocycles. The maximum atomic E-state index is 11.8. The number of rotatable bonds is 1. The molecule has 0 bridgehead atoms. The maximum absolute atomic E-state index is 11.8. The van der Waals surface area contributed by atoms with E-state index in [1.807, 2.05) is 18.2 Å². The summed E-state index contributed by atoms with van der Waals surface area (Å²) in [6.45, 7) is 0.454. The molecule has 1 amide bonds. The van der Waals surface area contributed by atoms with E-state index in [0.29, 0.717) is 12.1 Å². The summed E-state index contributed by atoms with van der Waals surface area (Å²) >= 11 is 0. The molecule has 0 saturated heterocycles. The number of nitroso groups, excluding NO2 is 1. The van der Waals surface area contributed by atoms with Crippen LogP contribution in [-0.2, 0) is 0 Å². The molecule has 78 valence electrons. The molecular weight excluding hydrogens is 192 g/mol. The summed E-state index contributed by atoms with van der Waals surface area (Å²) in [7, 11) is 3.21. The van der Waals surface area contributed by atoms with Gasteiger partial charge in [0.2, 0.25) is 6.04 Å². The summed E-state index contributed by atoms with van der Waals surface area (Å²) in [5.41, 5.74) is 1.47. The van der Waals surface area contributed by atoms with Gasteiger partial charge in [-0.3, -0.25) is 4.79 Å². The van der Waals surface area contributed by atoms with Gasteiger partial charge in [-0.1, -0.05) is 18.2 Å². The number of carbonyl (C=O) groups is 1. The Kier molecular flexibility index (Phi) is 2.26. The highest BCUT2D eigenvalue weighted by Crippen LogP contribution is 2.27. The summed E-state index contributed by atoms with van der Waals surface area (Å²) in [6, 6.07) is 7.04. The summed E-state index contributed by atoms with van der Waals surface area (Å²) in [5.74, 6) is -0.0105. The highest BCUT2D eigenvalue weighted by Gasteiger charge is 2.36. The van der Waals surface area contributed by atoms with Crippen LogP contribution in [0.25, 0.3) is 0 Å². The molecule has 0 fully saturated rings. The monoisotopic (exact) mass is 205 g/mol. The second-order valence-corrected chi connectivity index (χ2v) is 3.83. The van der Waals surface area contributed by atoms with Gasteiger partial charge in [-0.2, -0.15) is 0 Å². The lowest BCUT2D eigenvalue weighted by molar-refractivity contribution is -0.565. The van der Waals surface area contributed by atoms with Crippen molar-refractivity contribution in [1.82, 2.24) is 4.90 Å². The van der Waals surface area contributed by atoms with Crippen LogP contribution in [0.4, 0.5) is 0 Å². The number of hydrogen-bond acceptors (Lipinski definition) is 2. The van der Waals surface area contributed by atoms with E-state index < -0.39 is 0 Å². The first-order valence-corrected chi connectivity index (χ1v) is 4.85. The third-order valence-corrected chi connectivity index (χ3v) is 2.78. The molecule has 1 unspecified atom stereocenters. The van der Waals surface area contributed by atoms with E-state index in [4.69, 9.17) is 0 Å². The van der Waals surface area contributed by atoms with E-state index in [0.717, 1.165) is 10.3 Å².